The first-order valence-electron chi connectivity index (χ1n) is 7.28. The zero-order valence-corrected chi connectivity index (χ0v) is 12.1. The van der Waals surface area contributed by atoms with Gasteiger partial charge in [-0.15, -0.1) is 0 Å². The van der Waals surface area contributed by atoms with Crippen molar-refractivity contribution in [3.8, 4) is 0 Å². The fourth-order valence-corrected chi connectivity index (χ4v) is 3.48. The lowest BCUT2D eigenvalue weighted by molar-refractivity contribution is 0.223. The highest BCUT2D eigenvalue weighted by Gasteiger charge is 2.33. The maximum Gasteiger partial charge on any atom is 0.0534 e. The van der Waals surface area contributed by atoms with E-state index in [1.54, 1.807) is 0 Å². The molecule has 0 spiro atoms. The second kappa shape index (κ2) is 5.87. The van der Waals surface area contributed by atoms with Gasteiger partial charge in [0.15, 0.2) is 0 Å². The summed E-state index contributed by atoms with van der Waals surface area (Å²) in [6, 6.07) is 0. The fraction of sp³-hybridized carbons (Fsp3) is 0.800. The Labute approximate surface area is 111 Å². The van der Waals surface area contributed by atoms with E-state index in [0.29, 0.717) is 5.41 Å². The summed E-state index contributed by atoms with van der Waals surface area (Å²) in [5.41, 5.74) is 1.85. The van der Waals surface area contributed by atoms with Crippen molar-refractivity contribution in [3.05, 3.63) is 18.0 Å². The maximum absolute atomic E-state index is 4.21. The lowest BCUT2D eigenvalue weighted by atomic mass is 9.78. The Bertz CT molecular complexity index is 362. The first kappa shape index (κ1) is 13.6. The Morgan fingerprint density at radius 3 is 2.67 bits per heavy atom. The summed E-state index contributed by atoms with van der Waals surface area (Å²) in [6.07, 6.45) is 11.1. The molecule has 0 unspecified atom stereocenters. The number of nitrogens with one attached hydrogen (secondary N) is 1. The molecule has 0 aromatic carbocycles. The third-order valence-electron chi connectivity index (χ3n) is 4.09. The summed E-state index contributed by atoms with van der Waals surface area (Å²) in [6.45, 7) is 6.82. The van der Waals surface area contributed by atoms with E-state index in [-0.39, 0.29) is 0 Å². The SMILES string of the molecule is CC(C)CC1(CNCc2cnn(C)c2)CCCC1. The monoisotopic (exact) mass is 249 g/mol. The van der Waals surface area contributed by atoms with Gasteiger partial charge in [-0.2, -0.15) is 5.10 Å². The van der Waals surface area contributed by atoms with E-state index in [4.69, 9.17) is 0 Å². The molecule has 1 fully saturated rings. The Morgan fingerprint density at radius 1 is 1.39 bits per heavy atom. The fourth-order valence-electron chi connectivity index (χ4n) is 3.48. The molecule has 1 aromatic heterocycles. The van der Waals surface area contributed by atoms with E-state index < -0.39 is 0 Å². The van der Waals surface area contributed by atoms with Gasteiger partial charge in [0, 0.05) is 31.9 Å². The Hall–Kier alpha value is -0.830. The van der Waals surface area contributed by atoms with Crippen LogP contribution in [-0.2, 0) is 13.6 Å². The molecule has 1 heterocycles. The minimum Gasteiger partial charge on any atom is -0.312 e. The number of aromatic nitrogens is 2. The molecule has 1 saturated carbocycles. The molecule has 0 amide bonds. The molecule has 3 heteroatoms. The topological polar surface area (TPSA) is 29.9 Å². The van der Waals surface area contributed by atoms with Crippen molar-refractivity contribution in [2.24, 2.45) is 18.4 Å². The molecular formula is C15H27N3. The number of aryl methyl sites for hydroxylation is 1. The molecule has 0 aliphatic heterocycles. The minimum absolute atomic E-state index is 0.566. The quantitative estimate of drug-likeness (QED) is 0.839. The summed E-state index contributed by atoms with van der Waals surface area (Å²) >= 11 is 0. The van der Waals surface area contributed by atoms with E-state index in [1.165, 1.54) is 44.2 Å². The van der Waals surface area contributed by atoms with E-state index in [1.807, 2.05) is 17.9 Å². The van der Waals surface area contributed by atoms with E-state index in [2.05, 4.69) is 30.5 Å². The van der Waals surface area contributed by atoms with Crippen LogP contribution in [0.15, 0.2) is 12.4 Å². The minimum atomic E-state index is 0.566. The summed E-state index contributed by atoms with van der Waals surface area (Å²) in [7, 11) is 1.97. The highest BCUT2D eigenvalue weighted by molar-refractivity contribution is 5.03. The number of rotatable bonds is 6. The Kier molecular flexibility index (Phi) is 4.44. The lowest BCUT2D eigenvalue weighted by Gasteiger charge is -2.31. The van der Waals surface area contributed by atoms with Crippen LogP contribution in [0.4, 0.5) is 0 Å². The van der Waals surface area contributed by atoms with Gasteiger partial charge in [-0.05, 0) is 30.6 Å². The van der Waals surface area contributed by atoms with Crippen LogP contribution in [0.1, 0.15) is 51.5 Å². The first-order valence-corrected chi connectivity index (χ1v) is 7.28. The van der Waals surface area contributed by atoms with Crippen LogP contribution in [0.2, 0.25) is 0 Å². The molecule has 1 aliphatic rings. The maximum atomic E-state index is 4.21. The molecule has 1 aromatic rings. The molecule has 1 N–H and O–H groups in total. The van der Waals surface area contributed by atoms with Crippen LogP contribution in [0.5, 0.6) is 0 Å². The van der Waals surface area contributed by atoms with Crippen molar-refractivity contribution in [1.82, 2.24) is 15.1 Å². The van der Waals surface area contributed by atoms with Crippen molar-refractivity contribution in [1.29, 1.82) is 0 Å². The third-order valence-corrected chi connectivity index (χ3v) is 4.09. The van der Waals surface area contributed by atoms with Crippen molar-refractivity contribution in [3.63, 3.8) is 0 Å². The molecule has 0 saturated heterocycles. The van der Waals surface area contributed by atoms with Crippen LogP contribution in [0.25, 0.3) is 0 Å². The highest BCUT2D eigenvalue weighted by Crippen LogP contribution is 2.42. The summed E-state index contributed by atoms with van der Waals surface area (Å²) in [5, 5.41) is 7.86. The average molecular weight is 249 g/mol. The van der Waals surface area contributed by atoms with Crippen LogP contribution in [-0.4, -0.2) is 16.3 Å². The smallest absolute Gasteiger partial charge is 0.0534 e. The Balaban J connectivity index is 1.82. The van der Waals surface area contributed by atoms with Gasteiger partial charge < -0.3 is 5.32 Å². The second-order valence-electron chi connectivity index (χ2n) is 6.43. The highest BCUT2D eigenvalue weighted by atomic mass is 15.2. The molecule has 0 atom stereocenters. The number of hydrogen-bond acceptors (Lipinski definition) is 2. The van der Waals surface area contributed by atoms with Crippen LogP contribution in [0, 0.1) is 11.3 Å². The van der Waals surface area contributed by atoms with Gasteiger partial charge in [-0.3, -0.25) is 4.68 Å². The standard InChI is InChI=1S/C15H27N3/c1-13(2)8-15(6-4-5-7-15)12-16-9-14-10-17-18(3)11-14/h10-11,13,16H,4-9,12H2,1-3H3. The average Bonchev–Trinajstić information content (AvgIpc) is 2.88. The molecule has 18 heavy (non-hydrogen) atoms. The normalized spacial score (nSPS) is 18.7. The van der Waals surface area contributed by atoms with Gasteiger partial charge in [0.25, 0.3) is 0 Å². The van der Waals surface area contributed by atoms with Gasteiger partial charge in [-0.1, -0.05) is 26.7 Å². The largest absolute Gasteiger partial charge is 0.312 e. The van der Waals surface area contributed by atoms with Gasteiger partial charge >= 0.3 is 0 Å². The zero-order valence-electron chi connectivity index (χ0n) is 12.1. The van der Waals surface area contributed by atoms with Gasteiger partial charge in [0.05, 0.1) is 6.20 Å². The van der Waals surface area contributed by atoms with Crippen molar-refractivity contribution < 1.29 is 0 Å². The predicted molar refractivity (Wildman–Crippen MR) is 75.3 cm³/mol. The summed E-state index contributed by atoms with van der Waals surface area (Å²) < 4.78 is 1.87. The van der Waals surface area contributed by atoms with Crippen molar-refractivity contribution in [2.75, 3.05) is 6.54 Å². The van der Waals surface area contributed by atoms with Gasteiger partial charge in [-0.25, -0.2) is 0 Å². The third kappa shape index (κ3) is 3.58. The molecule has 1 aliphatic carbocycles. The zero-order chi connectivity index (χ0) is 13.0. The summed E-state index contributed by atoms with van der Waals surface area (Å²) in [4.78, 5) is 0. The van der Waals surface area contributed by atoms with E-state index >= 15 is 0 Å². The molecule has 0 bridgehead atoms. The van der Waals surface area contributed by atoms with E-state index in [0.717, 1.165) is 12.5 Å². The molecule has 3 nitrogen and oxygen atoms in total. The first-order chi connectivity index (χ1) is 8.60. The predicted octanol–water partition coefficient (Wildman–Crippen LogP) is 3.12. The molecule has 2 rings (SSSR count). The molecule has 102 valence electrons. The van der Waals surface area contributed by atoms with Crippen LogP contribution < -0.4 is 5.32 Å². The van der Waals surface area contributed by atoms with Crippen molar-refractivity contribution in [2.45, 2.75) is 52.5 Å². The number of nitrogens with zero attached hydrogens (tertiary/aromatic N) is 2. The summed E-state index contributed by atoms with van der Waals surface area (Å²) in [5.74, 6) is 0.809. The van der Waals surface area contributed by atoms with Gasteiger partial charge in [0.2, 0.25) is 0 Å². The molecule has 0 radical (unpaired) electrons. The molecular weight excluding hydrogens is 222 g/mol. The van der Waals surface area contributed by atoms with Crippen LogP contribution in [0.3, 0.4) is 0 Å². The lowest BCUT2D eigenvalue weighted by Crippen LogP contribution is -2.33. The van der Waals surface area contributed by atoms with Crippen LogP contribution >= 0.6 is 0 Å². The van der Waals surface area contributed by atoms with Crippen molar-refractivity contribution >= 4 is 0 Å². The number of hydrogen-bond donors (Lipinski definition) is 1. The Morgan fingerprint density at radius 2 is 2.11 bits per heavy atom. The van der Waals surface area contributed by atoms with E-state index in [9.17, 15) is 0 Å². The van der Waals surface area contributed by atoms with Gasteiger partial charge in [0.1, 0.15) is 0 Å². The second-order valence-corrected chi connectivity index (χ2v) is 6.43.